The first-order chi connectivity index (χ1) is 12.8. The molecule has 0 N–H and O–H groups in total. The Morgan fingerprint density at radius 3 is 2.70 bits per heavy atom. The van der Waals surface area contributed by atoms with Gasteiger partial charge in [0.15, 0.2) is 6.10 Å². The number of nitrogens with zero attached hydrogens (tertiary/aromatic N) is 2. The minimum Gasteiger partial charge on any atom is -0.449 e. The van der Waals surface area contributed by atoms with Gasteiger partial charge in [-0.25, -0.2) is 4.79 Å². The first kappa shape index (κ1) is 18.8. The van der Waals surface area contributed by atoms with Crippen LogP contribution in [0.25, 0.3) is 0 Å². The zero-order valence-electron chi connectivity index (χ0n) is 14.7. The number of carbonyl (C=O) groups excluding carboxylic acids is 2. The van der Waals surface area contributed by atoms with Crippen LogP contribution in [0.2, 0.25) is 5.02 Å². The summed E-state index contributed by atoms with van der Waals surface area (Å²) in [5.41, 5.74) is 1.11. The fraction of sp³-hybridized carbons (Fsp3) is 0.263. The van der Waals surface area contributed by atoms with E-state index in [2.05, 4.69) is 0 Å². The molecule has 0 aromatic heterocycles. The van der Waals surface area contributed by atoms with Crippen molar-refractivity contribution in [3.8, 4) is 0 Å². The molecule has 0 fully saturated rings. The van der Waals surface area contributed by atoms with Crippen molar-refractivity contribution in [2.75, 3.05) is 4.90 Å². The molecule has 0 bridgehead atoms. The van der Waals surface area contributed by atoms with Gasteiger partial charge in [-0.1, -0.05) is 29.8 Å². The minimum absolute atomic E-state index is 0.0726. The Balaban J connectivity index is 1.81. The SMILES string of the molecule is C[C@H](OC(=O)c1cc(Cl)ccc1[N+](=O)[O-])C(=O)N1c2ccccc2C[C@H]1C. The van der Waals surface area contributed by atoms with Crippen LogP contribution in [0.15, 0.2) is 42.5 Å². The summed E-state index contributed by atoms with van der Waals surface area (Å²) in [6, 6.07) is 11.1. The summed E-state index contributed by atoms with van der Waals surface area (Å²) in [6.07, 6.45) is -0.396. The maximum atomic E-state index is 12.9. The molecule has 3 rings (SSSR count). The molecule has 0 unspecified atom stereocenters. The molecule has 140 valence electrons. The third-order valence-electron chi connectivity index (χ3n) is 4.45. The Labute approximate surface area is 160 Å². The molecule has 2 atom stereocenters. The van der Waals surface area contributed by atoms with Crippen LogP contribution in [-0.2, 0) is 16.0 Å². The molecule has 0 aliphatic carbocycles. The molecule has 0 saturated carbocycles. The first-order valence-electron chi connectivity index (χ1n) is 8.35. The van der Waals surface area contributed by atoms with Crippen LogP contribution >= 0.6 is 11.6 Å². The standard InChI is InChI=1S/C19H17ClN2O5/c1-11-9-13-5-3-4-6-16(13)21(11)18(23)12(2)27-19(24)15-10-14(20)7-8-17(15)22(25)26/h3-8,10-12H,9H2,1-2H3/t11-,12+/m1/s1. The van der Waals surface area contributed by atoms with Crippen LogP contribution in [0, 0.1) is 10.1 Å². The zero-order valence-corrected chi connectivity index (χ0v) is 15.5. The Hall–Kier alpha value is -2.93. The summed E-state index contributed by atoms with van der Waals surface area (Å²) in [7, 11) is 0. The molecule has 1 aliphatic heterocycles. The van der Waals surface area contributed by atoms with Crippen molar-refractivity contribution in [1.29, 1.82) is 0 Å². The molecule has 0 radical (unpaired) electrons. The highest BCUT2D eigenvalue weighted by Gasteiger charge is 2.35. The van der Waals surface area contributed by atoms with E-state index in [0.29, 0.717) is 6.42 Å². The summed E-state index contributed by atoms with van der Waals surface area (Å²) in [5, 5.41) is 11.3. The molecular weight excluding hydrogens is 372 g/mol. The van der Waals surface area contributed by atoms with E-state index < -0.39 is 22.7 Å². The van der Waals surface area contributed by atoms with Gasteiger partial charge in [-0.05, 0) is 44.0 Å². The lowest BCUT2D eigenvalue weighted by atomic mass is 10.1. The second-order valence-electron chi connectivity index (χ2n) is 6.36. The minimum atomic E-state index is -1.11. The van der Waals surface area contributed by atoms with Crippen LogP contribution in [0.3, 0.4) is 0 Å². The predicted octanol–water partition coefficient (Wildman–Crippen LogP) is 3.77. The lowest BCUT2D eigenvalue weighted by Gasteiger charge is -2.25. The summed E-state index contributed by atoms with van der Waals surface area (Å²) >= 11 is 5.84. The van der Waals surface area contributed by atoms with Crippen LogP contribution < -0.4 is 4.90 Å². The number of fused-ring (bicyclic) bond motifs is 1. The fourth-order valence-corrected chi connectivity index (χ4v) is 3.37. The molecule has 1 heterocycles. The number of rotatable bonds is 4. The van der Waals surface area contributed by atoms with Crippen molar-refractivity contribution in [3.05, 3.63) is 68.7 Å². The number of carbonyl (C=O) groups is 2. The molecule has 8 heteroatoms. The second kappa shape index (κ2) is 7.36. The number of amides is 1. The van der Waals surface area contributed by atoms with E-state index in [1.165, 1.54) is 13.0 Å². The zero-order chi connectivity index (χ0) is 19.7. The van der Waals surface area contributed by atoms with Gasteiger partial charge in [0.1, 0.15) is 5.56 Å². The van der Waals surface area contributed by atoms with Crippen molar-refractivity contribution >= 4 is 34.9 Å². The Bertz CT molecular complexity index is 930. The maximum Gasteiger partial charge on any atom is 0.345 e. The maximum absolute atomic E-state index is 12.9. The monoisotopic (exact) mass is 388 g/mol. The highest BCUT2D eigenvalue weighted by atomic mass is 35.5. The number of hydrogen-bond acceptors (Lipinski definition) is 5. The van der Waals surface area contributed by atoms with Crippen LogP contribution in [0.4, 0.5) is 11.4 Å². The molecule has 1 amide bonds. The summed E-state index contributed by atoms with van der Waals surface area (Å²) in [4.78, 5) is 37.3. The van der Waals surface area contributed by atoms with E-state index >= 15 is 0 Å². The number of ether oxygens (including phenoxy) is 1. The highest BCUT2D eigenvalue weighted by molar-refractivity contribution is 6.31. The van der Waals surface area contributed by atoms with Crippen LogP contribution in [0.5, 0.6) is 0 Å². The lowest BCUT2D eigenvalue weighted by Crippen LogP contribution is -2.43. The first-order valence-corrected chi connectivity index (χ1v) is 8.73. The normalized spacial score (nSPS) is 16.6. The van der Waals surface area contributed by atoms with E-state index in [1.54, 1.807) is 4.90 Å². The molecule has 0 saturated heterocycles. The Morgan fingerprint density at radius 2 is 2.00 bits per heavy atom. The van der Waals surface area contributed by atoms with Gasteiger partial charge in [-0.15, -0.1) is 0 Å². The summed E-state index contributed by atoms with van der Waals surface area (Å²) in [5.74, 6) is -1.35. The molecule has 7 nitrogen and oxygen atoms in total. The molecule has 0 spiro atoms. The van der Waals surface area contributed by atoms with Gasteiger partial charge < -0.3 is 9.64 Å². The average Bonchev–Trinajstić information content (AvgIpc) is 2.96. The average molecular weight is 389 g/mol. The molecule has 2 aromatic carbocycles. The fourth-order valence-electron chi connectivity index (χ4n) is 3.20. The number of benzene rings is 2. The van der Waals surface area contributed by atoms with E-state index in [-0.39, 0.29) is 22.5 Å². The molecule has 2 aromatic rings. The highest BCUT2D eigenvalue weighted by Crippen LogP contribution is 2.32. The molecule has 1 aliphatic rings. The number of hydrogen-bond donors (Lipinski definition) is 0. The van der Waals surface area contributed by atoms with E-state index in [4.69, 9.17) is 16.3 Å². The van der Waals surface area contributed by atoms with Crippen molar-refractivity contribution < 1.29 is 19.2 Å². The summed E-state index contributed by atoms with van der Waals surface area (Å²) < 4.78 is 5.23. The van der Waals surface area contributed by atoms with Gasteiger partial charge in [0, 0.05) is 22.8 Å². The second-order valence-corrected chi connectivity index (χ2v) is 6.79. The van der Waals surface area contributed by atoms with E-state index in [1.807, 2.05) is 31.2 Å². The van der Waals surface area contributed by atoms with Crippen molar-refractivity contribution in [3.63, 3.8) is 0 Å². The van der Waals surface area contributed by atoms with Crippen molar-refractivity contribution in [1.82, 2.24) is 0 Å². The number of nitro groups is 1. The number of para-hydroxylation sites is 1. The molecular formula is C19H17ClN2O5. The summed E-state index contributed by atoms with van der Waals surface area (Å²) in [6.45, 7) is 3.36. The quantitative estimate of drug-likeness (QED) is 0.451. The smallest absolute Gasteiger partial charge is 0.345 e. The van der Waals surface area contributed by atoms with Crippen LogP contribution in [0.1, 0.15) is 29.8 Å². The van der Waals surface area contributed by atoms with Crippen molar-refractivity contribution in [2.24, 2.45) is 0 Å². The number of halogens is 1. The van der Waals surface area contributed by atoms with Gasteiger partial charge in [-0.3, -0.25) is 14.9 Å². The van der Waals surface area contributed by atoms with Crippen molar-refractivity contribution in [2.45, 2.75) is 32.4 Å². The number of esters is 1. The van der Waals surface area contributed by atoms with E-state index in [9.17, 15) is 19.7 Å². The van der Waals surface area contributed by atoms with Gasteiger partial charge in [0.25, 0.3) is 11.6 Å². The molecule has 27 heavy (non-hydrogen) atoms. The lowest BCUT2D eigenvalue weighted by molar-refractivity contribution is -0.385. The number of anilines is 1. The Morgan fingerprint density at radius 1 is 1.30 bits per heavy atom. The third-order valence-corrected chi connectivity index (χ3v) is 4.69. The predicted molar refractivity (Wildman–Crippen MR) is 100 cm³/mol. The van der Waals surface area contributed by atoms with Gasteiger partial charge in [0.05, 0.1) is 4.92 Å². The third kappa shape index (κ3) is 3.64. The topological polar surface area (TPSA) is 89.7 Å². The van der Waals surface area contributed by atoms with Gasteiger partial charge in [0.2, 0.25) is 0 Å². The number of nitro benzene ring substituents is 1. The largest absolute Gasteiger partial charge is 0.449 e. The van der Waals surface area contributed by atoms with Gasteiger partial charge in [-0.2, -0.15) is 0 Å². The van der Waals surface area contributed by atoms with Crippen LogP contribution in [-0.4, -0.2) is 28.9 Å². The van der Waals surface area contributed by atoms with E-state index in [0.717, 1.165) is 23.4 Å². The Kier molecular flexibility index (Phi) is 5.14. The van der Waals surface area contributed by atoms with Gasteiger partial charge >= 0.3 is 5.97 Å².